The van der Waals surface area contributed by atoms with Gasteiger partial charge in [0.2, 0.25) is 0 Å². The van der Waals surface area contributed by atoms with Crippen molar-refractivity contribution >= 4 is 43.2 Å². The van der Waals surface area contributed by atoms with E-state index < -0.39 is 0 Å². The van der Waals surface area contributed by atoms with Crippen molar-refractivity contribution in [2.45, 2.75) is 19.3 Å². The first-order chi connectivity index (χ1) is 21.1. The van der Waals surface area contributed by atoms with Gasteiger partial charge in [-0.15, -0.1) is 0 Å². The summed E-state index contributed by atoms with van der Waals surface area (Å²) < 4.78 is 0. The second-order valence-electron chi connectivity index (χ2n) is 12.2. The molecule has 2 nitrogen and oxygen atoms in total. The molecule has 9 rings (SSSR count). The zero-order chi connectivity index (χ0) is 28.7. The largest absolute Gasteiger partial charge is 0.228 e. The van der Waals surface area contributed by atoms with Gasteiger partial charge in [0.25, 0.3) is 0 Å². The first-order valence-corrected chi connectivity index (χ1v) is 14.9. The monoisotopic (exact) mass is 548 g/mol. The molecule has 0 unspecified atom stereocenters. The zero-order valence-corrected chi connectivity index (χ0v) is 24.1. The van der Waals surface area contributed by atoms with Crippen molar-refractivity contribution in [1.29, 1.82) is 0 Å². The maximum Gasteiger partial charge on any atom is 0.160 e. The number of nitrogens with zero attached hydrogens (tertiary/aromatic N) is 2. The fourth-order valence-electron chi connectivity index (χ4n) is 7.49. The van der Waals surface area contributed by atoms with Crippen LogP contribution in [0.5, 0.6) is 0 Å². The molecular formula is C41H28N2. The van der Waals surface area contributed by atoms with Gasteiger partial charge < -0.3 is 0 Å². The minimum atomic E-state index is -0.0670. The summed E-state index contributed by atoms with van der Waals surface area (Å²) in [5.41, 5.74) is 9.53. The predicted molar refractivity (Wildman–Crippen MR) is 180 cm³/mol. The fraction of sp³-hybridized carbons (Fsp3) is 0.0732. The molecule has 43 heavy (non-hydrogen) atoms. The van der Waals surface area contributed by atoms with Crippen molar-refractivity contribution in [2.24, 2.45) is 0 Å². The highest BCUT2D eigenvalue weighted by Gasteiger charge is 2.38. The highest BCUT2D eigenvalue weighted by molar-refractivity contribution is 6.26. The van der Waals surface area contributed by atoms with E-state index >= 15 is 0 Å². The summed E-state index contributed by atoms with van der Waals surface area (Å²) in [4.78, 5) is 10.2. The van der Waals surface area contributed by atoms with Crippen LogP contribution in [0.2, 0.25) is 0 Å². The van der Waals surface area contributed by atoms with Crippen molar-refractivity contribution in [2.75, 3.05) is 0 Å². The number of hydrogen-bond acceptors (Lipinski definition) is 2. The van der Waals surface area contributed by atoms with Gasteiger partial charge in [0.1, 0.15) is 0 Å². The molecule has 1 aromatic heterocycles. The quantitative estimate of drug-likeness (QED) is 0.201. The first kappa shape index (κ1) is 24.3. The van der Waals surface area contributed by atoms with Gasteiger partial charge in [-0.1, -0.05) is 135 Å². The number of aromatic nitrogens is 2. The summed E-state index contributed by atoms with van der Waals surface area (Å²) in [6.07, 6.45) is 0. The Labute approximate surface area is 250 Å². The molecule has 7 aromatic carbocycles. The van der Waals surface area contributed by atoms with E-state index in [1.807, 2.05) is 12.1 Å². The lowest BCUT2D eigenvalue weighted by Gasteiger charge is -2.24. The zero-order valence-electron chi connectivity index (χ0n) is 24.1. The molecule has 202 valence electrons. The summed E-state index contributed by atoms with van der Waals surface area (Å²) in [6.45, 7) is 4.74. The molecule has 0 fully saturated rings. The Kier molecular flexibility index (Phi) is 4.99. The first-order valence-electron chi connectivity index (χ1n) is 14.9. The molecule has 1 aliphatic rings. The molecule has 1 aliphatic carbocycles. The topological polar surface area (TPSA) is 25.8 Å². The third-order valence-corrected chi connectivity index (χ3v) is 9.41. The third-order valence-electron chi connectivity index (χ3n) is 9.41. The van der Waals surface area contributed by atoms with Crippen molar-refractivity contribution in [3.63, 3.8) is 0 Å². The van der Waals surface area contributed by atoms with Crippen molar-refractivity contribution < 1.29 is 0 Å². The van der Waals surface area contributed by atoms with Crippen LogP contribution in [0.25, 0.3) is 77.0 Å². The number of fused-ring (bicyclic) bond motifs is 11. The van der Waals surface area contributed by atoms with E-state index in [-0.39, 0.29) is 5.41 Å². The van der Waals surface area contributed by atoms with E-state index in [1.165, 1.54) is 54.6 Å². The Morgan fingerprint density at radius 1 is 0.512 bits per heavy atom. The van der Waals surface area contributed by atoms with Gasteiger partial charge in [-0.25, -0.2) is 9.97 Å². The second-order valence-corrected chi connectivity index (χ2v) is 12.2. The number of benzene rings is 7. The van der Waals surface area contributed by atoms with Gasteiger partial charge in [-0.2, -0.15) is 0 Å². The Bertz CT molecular complexity index is 2420. The molecule has 0 saturated heterocycles. The highest BCUT2D eigenvalue weighted by Crippen LogP contribution is 2.55. The van der Waals surface area contributed by atoms with Crippen LogP contribution in [0.4, 0.5) is 0 Å². The summed E-state index contributed by atoms with van der Waals surface area (Å²) in [5.74, 6) is 0.744. The molecule has 1 heterocycles. The normalized spacial score (nSPS) is 13.5. The van der Waals surface area contributed by atoms with Crippen LogP contribution in [0.15, 0.2) is 133 Å². The molecule has 0 amide bonds. The van der Waals surface area contributed by atoms with Crippen LogP contribution in [0, 0.1) is 0 Å². The van der Waals surface area contributed by atoms with Crippen LogP contribution < -0.4 is 0 Å². The summed E-state index contributed by atoms with van der Waals surface area (Å²) in [7, 11) is 0. The SMILES string of the molecule is CC1(C)c2ccccc2-c2c1c1ccccc1c1c2ccc2cc(-c3nc(-c4ccccc4)c4ccccc4n3)ccc21. The predicted octanol–water partition coefficient (Wildman–Crippen LogP) is 10.7. The van der Waals surface area contributed by atoms with E-state index in [1.54, 1.807) is 0 Å². The smallest absolute Gasteiger partial charge is 0.160 e. The average Bonchev–Trinajstić information content (AvgIpc) is 3.31. The third kappa shape index (κ3) is 3.41. The van der Waals surface area contributed by atoms with Crippen LogP contribution in [0.1, 0.15) is 25.0 Å². The molecule has 0 aliphatic heterocycles. The Hall–Kier alpha value is -5.34. The van der Waals surface area contributed by atoms with Crippen LogP contribution in [0.3, 0.4) is 0 Å². The lowest BCUT2D eigenvalue weighted by molar-refractivity contribution is 0.666. The Morgan fingerprint density at radius 2 is 1.21 bits per heavy atom. The molecule has 0 bridgehead atoms. The van der Waals surface area contributed by atoms with Gasteiger partial charge >= 0.3 is 0 Å². The molecule has 0 spiro atoms. The van der Waals surface area contributed by atoms with Gasteiger partial charge in [-0.3, -0.25) is 0 Å². The maximum atomic E-state index is 5.14. The van der Waals surface area contributed by atoms with Crippen molar-refractivity contribution in [1.82, 2.24) is 9.97 Å². The Balaban J connectivity index is 1.32. The summed E-state index contributed by atoms with van der Waals surface area (Å²) in [6, 6.07) is 47.9. The van der Waals surface area contributed by atoms with E-state index in [2.05, 4.69) is 135 Å². The fourth-order valence-corrected chi connectivity index (χ4v) is 7.49. The second kappa shape index (κ2) is 8.83. The van der Waals surface area contributed by atoms with Gasteiger partial charge in [-0.05, 0) is 66.7 Å². The molecule has 2 heteroatoms. The van der Waals surface area contributed by atoms with Gasteiger partial charge in [0.15, 0.2) is 5.82 Å². The van der Waals surface area contributed by atoms with E-state index in [0.717, 1.165) is 33.5 Å². The van der Waals surface area contributed by atoms with E-state index in [4.69, 9.17) is 9.97 Å². The lowest BCUT2D eigenvalue weighted by Crippen LogP contribution is -2.15. The van der Waals surface area contributed by atoms with Crippen molar-refractivity contribution in [3.05, 3.63) is 145 Å². The van der Waals surface area contributed by atoms with Crippen LogP contribution in [-0.4, -0.2) is 9.97 Å². The standard InChI is InChI=1S/C41H28N2/c1-41(2)34-18-10-8-16-31(34)37-33-23-20-26-24-27(21-22-28(26)36(33)29-14-6-7-15-30(29)38(37)41)40-42-35-19-11-9-17-32(35)39(43-40)25-12-4-3-5-13-25/h3-24H,1-2H3. The molecule has 0 radical (unpaired) electrons. The molecule has 0 saturated carbocycles. The molecule has 0 atom stereocenters. The molecule has 0 N–H and O–H groups in total. The molecule has 8 aromatic rings. The lowest BCUT2D eigenvalue weighted by atomic mass is 9.79. The molecular weight excluding hydrogens is 520 g/mol. The van der Waals surface area contributed by atoms with E-state index in [0.29, 0.717) is 0 Å². The highest BCUT2D eigenvalue weighted by atomic mass is 14.9. The van der Waals surface area contributed by atoms with E-state index in [9.17, 15) is 0 Å². The number of rotatable bonds is 2. The van der Waals surface area contributed by atoms with Gasteiger partial charge in [0, 0.05) is 21.9 Å². The number of hydrogen-bond donors (Lipinski definition) is 0. The number of para-hydroxylation sites is 1. The average molecular weight is 549 g/mol. The van der Waals surface area contributed by atoms with Crippen molar-refractivity contribution in [3.8, 4) is 33.8 Å². The maximum absolute atomic E-state index is 5.14. The van der Waals surface area contributed by atoms with Crippen LogP contribution in [-0.2, 0) is 5.41 Å². The van der Waals surface area contributed by atoms with Crippen LogP contribution >= 0.6 is 0 Å². The minimum Gasteiger partial charge on any atom is -0.228 e. The minimum absolute atomic E-state index is 0.0670. The summed E-state index contributed by atoms with van der Waals surface area (Å²) >= 11 is 0. The Morgan fingerprint density at radius 3 is 2.07 bits per heavy atom. The van der Waals surface area contributed by atoms with Gasteiger partial charge in [0.05, 0.1) is 11.2 Å². The summed E-state index contributed by atoms with van der Waals surface area (Å²) in [5, 5.41) is 8.80.